The molecule has 0 saturated heterocycles. The molecule has 5 rings (SSSR count). The summed E-state index contributed by atoms with van der Waals surface area (Å²) in [7, 11) is 0. The van der Waals surface area contributed by atoms with Crippen LogP contribution in [0.3, 0.4) is 0 Å². The zero-order valence-corrected chi connectivity index (χ0v) is 18.5. The lowest BCUT2D eigenvalue weighted by atomic mass is 9.73. The van der Waals surface area contributed by atoms with Crippen LogP contribution in [-0.2, 0) is 9.59 Å². The number of benzene rings is 3. The first-order chi connectivity index (χ1) is 16.1. The van der Waals surface area contributed by atoms with E-state index in [9.17, 15) is 9.59 Å². The van der Waals surface area contributed by atoms with Gasteiger partial charge in [-0.2, -0.15) is 10.2 Å². The van der Waals surface area contributed by atoms with E-state index in [-0.39, 0.29) is 11.8 Å². The lowest BCUT2D eigenvalue weighted by Crippen LogP contribution is -2.40. The van der Waals surface area contributed by atoms with E-state index >= 15 is 0 Å². The average molecular weight is 437 g/mol. The Kier molecular flexibility index (Phi) is 5.34. The van der Waals surface area contributed by atoms with Crippen molar-refractivity contribution in [1.29, 1.82) is 0 Å². The van der Waals surface area contributed by atoms with Gasteiger partial charge in [0.25, 0.3) is 11.8 Å². The van der Waals surface area contributed by atoms with Crippen LogP contribution in [0.5, 0.6) is 0 Å². The van der Waals surface area contributed by atoms with Crippen LogP contribution in [0.4, 0.5) is 11.4 Å². The topological polar surface area (TPSA) is 65.3 Å². The maximum atomic E-state index is 13.7. The number of hydrogen-bond donors (Lipinski definition) is 0. The first kappa shape index (κ1) is 20.8. The number of carbonyl (C=O) groups excluding carboxylic acids is 2. The van der Waals surface area contributed by atoms with Gasteiger partial charge in [-0.05, 0) is 43.7 Å². The van der Waals surface area contributed by atoms with Gasteiger partial charge in [0.15, 0.2) is 0 Å². The van der Waals surface area contributed by atoms with E-state index in [0.717, 1.165) is 5.56 Å². The van der Waals surface area contributed by atoms with Crippen molar-refractivity contribution in [3.05, 3.63) is 96.6 Å². The van der Waals surface area contributed by atoms with E-state index in [1.807, 2.05) is 105 Å². The smallest absolute Gasteiger partial charge is 0.256 e. The summed E-state index contributed by atoms with van der Waals surface area (Å²) in [6.45, 7) is 3.73. The van der Waals surface area contributed by atoms with Gasteiger partial charge in [0.2, 0.25) is 0 Å². The SMILES string of the molecule is CC1=NN(c2ccccc2)C(=O)[C@H]1C(c1ccccc1)[C@H]1C(=O)N(c2ccccc2)N=C1C. The van der Waals surface area contributed by atoms with Crippen LogP contribution in [0.2, 0.25) is 0 Å². The number of hydrazone groups is 2. The summed E-state index contributed by atoms with van der Waals surface area (Å²) in [6.07, 6.45) is 0. The highest BCUT2D eigenvalue weighted by Gasteiger charge is 2.49. The Morgan fingerprint density at radius 3 is 1.36 bits per heavy atom. The molecule has 33 heavy (non-hydrogen) atoms. The Morgan fingerprint density at radius 1 is 0.606 bits per heavy atom. The third-order valence-electron chi connectivity index (χ3n) is 6.27. The minimum atomic E-state index is -0.567. The maximum absolute atomic E-state index is 13.7. The van der Waals surface area contributed by atoms with Crippen molar-refractivity contribution in [1.82, 2.24) is 0 Å². The summed E-state index contributed by atoms with van der Waals surface area (Å²) in [6, 6.07) is 28.5. The largest absolute Gasteiger partial charge is 0.272 e. The quantitative estimate of drug-likeness (QED) is 0.574. The summed E-state index contributed by atoms with van der Waals surface area (Å²) >= 11 is 0. The molecule has 0 spiro atoms. The number of para-hydroxylation sites is 2. The van der Waals surface area contributed by atoms with Crippen molar-refractivity contribution < 1.29 is 9.59 Å². The lowest BCUT2D eigenvalue weighted by molar-refractivity contribution is -0.122. The van der Waals surface area contributed by atoms with E-state index < -0.39 is 17.8 Å². The van der Waals surface area contributed by atoms with Crippen molar-refractivity contribution in [2.24, 2.45) is 22.0 Å². The van der Waals surface area contributed by atoms with Crippen LogP contribution in [0.1, 0.15) is 25.3 Å². The number of amides is 2. The van der Waals surface area contributed by atoms with Crippen LogP contribution in [-0.4, -0.2) is 23.2 Å². The molecule has 0 fully saturated rings. The number of hydrogen-bond acceptors (Lipinski definition) is 4. The molecule has 0 N–H and O–H groups in total. The Balaban J connectivity index is 1.56. The van der Waals surface area contributed by atoms with Gasteiger partial charge in [0.1, 0.15) is 0 Å². The van der Waals surface area contributed by atoms with Gasteiger partial charge in [-0.1, -0.05) is 66.7 Å². The highest BCUT2D eigenvalue weighted by molar-refractivity contribution is 6.19. The van der Waals surface area contributed by atoms with Gasteiger partial charge < -0.3 is 0 Å². The number of anilines is 2. The number of rotatable bonds is 5. The highest BCUT2D eigenvalue weighted by atomic mass is 16.2. The summed E-state index contributed by atoms with van der Waals surface area (Å²) in [5, 5.41) is 12.1. The van der Waals surface area contributed by atoms with Gasteiger partial charge >= 0.3 is 0 Å². The summed E-state index contributed by atoms with van der Waals surface area (Å²) in [4.78, 5) is 27.4. The zero-order valence-electron chi connectivity index (χ0n) is 18.5. The lowest BCUT2D eigenvalue weighted by Gasteiger charge is -2.28. The molecule has 3 aromatic carbocycles. The van der Waals surface area contributed by atoms with E-state index in [4.69, 9.17) is 0 Å². The van der Waals surface area contributed by atoms with Crippen molar-refractivity contribution in [2.75, 3.05) is 10.0 Å². The highest BCUT2D eigenvalue weighted by Crippen LogP contribution is 2.42. The molecule has 1 unspecified atom stereocenters. The Labute approximate surface area is 192 Å². The van der Waals surface area contributed by atoms with Gasteiger partial charge in [0, 0.05) is 17.3 Å². The first-order valence-corrected chi connectivity index (χ1v) is 11.0. The van der Waals surface area contributed by atoms with E-state index in [2.05, 4.69) is 10.2 Å². The van der Waals surface area contributed by atoms with E-state index in [1.54, 1.807) is 0 Å². The molecule has 6 nitrogen and oxygen atoms in total. The van der Waals surface area contributed by atoms with Crippen LogP contribution < -0.4 is 10.0 Å². The maximum Gasteiger partial charge on any atom is 0.256 e. The second kappa shape index (κ2) is 8.47. The van der Waals surface area contributed by atoms with E-state index in [1.165, 1.54) is 10.0 Å². The standard InChI is InChI=1S/C27H24N4O2/c1-18-23(26(32)30(28-18)21-14-8-4-9-15-21)25(20-12-6-3-7-13-20)24-19(2)29-31(27(24)33)22-16-10-5-11-17-22/h3-17,23-25H,1-2H3/t23-,24+,25?. The molecule has 0 aliphatic carbocycles. The molecule has 3 aromatic rings. The Bertz CT molecular complexity index is 1160. The molecule has 0 aromatic heterocycles. The fraction of sp³-hybridized carbons (Fsp3) is 0.185. The fourth-order valence-electron chi connectivity index (χ4n) is 4.75. The third-order valence-corrected chi connectivity index (χ3v) is 6.27. The average Bonchev–Trinajstić information content (AvgIpc) is 3.31. The monoisotopic (exact) mass is 436 g/mol. The van der Waals surface area contributed by atoms with Gasteiger partial charge in [-0.15, -0.1) is 0 Å². The number of nitrogens with zero attached hydrogens (tertiary/aromatic N) is 4. The van der Waals surface area contributed by atoms with Crippen molar-refractivity contribution in [3.63, 3.8) is 0 Å². The summed E-state index contributed by atoms with van der Waals surface area (Å²) in [5.74, 6) is -1.82. The van der Waals surface area contributed by atoms with Crippen LogP contribution in [0.25, 0.3) is 0 Å². The number of carbonyl (C=O) groups is 2. The molecule has 0 radical (unpaired) electrons. The van der Waals surface area contributed by atoms with Gasteiger partial charge in [-0.3, -0.25) is 9.59 Å². The molecule has 3 atom stereocenters. The second-order valence-electron chi connectivity index (χ2n) is 8.35. The summed E-state index contributed by atoms with van der Waals surface area (Å²) < 4.78 is 0. The Hall–Kier alpha value is -4.06. The third kappa shape index (κ3) is 3.63. The molecule has 2 heterocycles. The van der Waals surface area contributed by atoms with Gasteiger partial charge in [-0.25, -0.2) is 10.0 Å². The van der Waals surface area contributed by atoms with Crippen molar-refractivity contribution in [3.8, 4) is 0 Å². The molecule has 6 heteroatoms. The molecular weight excluding hydrogens is 412 g/mol. The molecular formula is C27H24N4O2. The molecule has 164 valence electrons. The van der Waals surface area contributed by atoms with Crippen molar-refractivity contribution >= 4 is 34.6 Å². The second-order valence-corrected chi connectivity index (χ2v) is 8.35. The minimum Gasteiger partial charge on any atom is -0.272 e. The van der Waals surface area contributed by atoms with E-state index in [0.29, 0.717) is 22.8 Å². The molecule has 2 amide bonds. The van der Waals surface area contributed by atoms with Gasteiger partial charge in [0.05, 0.1) is 23.2 Å². The zero-order chi connectivity index (χ0) is 22.9. The van der Waals surface area contributed by atoms with Crippen LogP contribution in [0, 0.1) is 11.8 Å². The fourth-order valence-corrected chi connectivity index (χ4v) is 4.75. The molecule has 2 aliphatic heterocycles. The van der Waals surface area contributed by atoms with Crippen molar-refractivity contribution in [2.45, 2.75) is 19.8 Å². The summed E-state index contributed by atoms with van der Waals surface area (Å²) in [5.41, 5.74) is 3.73. The first-order valence-electron chi connectivity index (χ1n) is 11.0. The molecule has 0 saturated carbocycles. The van der Waals surface area contributed by atoms with Crippen LogP contribution in [0.15, 0.2) is 101 Å². The molecule has 0 bridgehead atoms. The Morgan fingerprint density at radius 2 is 0.970 bits per heavy atom. The molecule has 2 aliphatic rings. The van der Waals surface area contributed by atoms with Crippen LogP contribution >= 0.6 is 0 Å². The predicted molar refractivity (Wildman–Crippen MR) is 130 cm³/mol. The normalized spacial score (nSPS) is 21.3. The predicted octanol–water partition coefficient (Wildman–Crippen LogP) is 4.85. The minimum absolute atomic E-state index is 0.133.